The van der Waals surface area contributed by atoms with Crippen molar-refractivity contribution in [2.45, 2.75) is 13.1 Å². The van der Waals surface area contributed by atoms with Gasteiger partial charge in [0.1, 0.15) is 11.4 Å². The fourth-order valence-corrected chi connectivity index (χ4v) is 4.31. The van der Waals surface area contributed by atoms with E-state index in [1.165, 1.54) is 17.2 Å². The standard InChI is InChI=1S/C24H20N6O2/c1-29-22(24-26-18-10-15-12-25-13-16(15)11-19(18)27-24)23(32)21(28-29)14-5-7-17(8-6-14)30-9-3-2-4-20(30)31/h2-11,25,32H,12-13H2,1H3,(H,26,27). The molecule has 0 radical (unpaired) electrons. The first-order valence-corrected chi connectivity index (χ1v) is 10.4. The molecule has 4 heterocycles. The topological polar surface area (TPSA) is 101 Å². The molecule has 0 amide bonds. The molecule has 2 aromatic carbocycles. The predicted octanol–water partition coefficient (Wildman–Crippen LogP) is 3.09. The minimum atomic E-state index is -0.102. The number of aromatic amines is 1. The number of nitrogens with one attached hydrogen (secondary N) is 2. The summed E-state index contributed by atoms with van der Waals surface area (Å²) in [7, 11) is 1.79. The number of hydrogen-bond donors (Lipinski definition) is 3. The molecule has 1 aliphatic heterocycles. The molecule has 0 atom stereocenters. The van der Waals surface area contributed by atoms with Gasteiger partial charge in [0.15, 0.2) is 11.6 Å². The third-order valence-electron chi connectivity index (χ3n) is 5.92. The molecule has 3 aromatic heterocycles. The molecule has 158 valence electrons. The van der Waals surface area contributed by atoms with Gasteiger partial charge in [-0.05, 0) is 41.5 Å². The van der Waals surface area contributed by atoms with E-state index in [9.17, 15) is 9.90 Å². The first-order valence-electron chi connectivity index (χ1n) is 10.4. The lowest BCUT2D eigenvalue weighted by Crippen LogP contribution is -2.15. The van der Waals surface area contributed by atoms with E-state index in [2.05, 4.69) is 27.5 Å². The second-order valence-corrected chi connectivity index (χ2v) is 7.95. The number of nitrogens with zero attached hydrogens (tertiary/aromatic N) is 4. The molecule has 3 N–H and O–H groups in total. The van der Waals surface area contributed by atoms with Gasteiger partial charge < -0.3 is 15.4 Å². The highest BCUT2D eigenvalue weighted by Gasteiger charge is 2.22. The van der Waals surface area contributed by atoms with Gasteiger partial charge in [-0.15, -0.1) is 0 Å². The molecule has 0 saturated carbocycles. The van der Waals surface area contributed by atoms with Gasteiger partial charge in [0.25, 0.3) is 5.56 Å². The number of hydrogen-bond acceptors (Lipinski definition) is 5. The highest BCUT2D eigenvalue weighted by molar-refractivity contribution is 5.83. The van der Waals surface area contributed by atoms with Crippen LogP contribution in [0.4, 0.5) is 0 Å². The molecule has 0 fully saturated rings. The number of aromatic hydroxyl groups is 1. The van der Waals surface area contributed by atoms with Gasteiger partial charge in [-0.3, -0.25) is 14.0 Å². The molecule has 8 heteroatoms. The van der Waals surface area contributed by atoms with Crippen LogP contribution in [0.25, 0.3) is 39.5 Å². The summed E-state index contributed by atoms with van der Waals surface area (Å²) in [5.74, 6) is 0.633. The molecule has 32 heavy (non-hydrogen) atoms. The first kappa shape index (κ1) is 18.6. The van der Waals surface area contributed by atoms with Crippen molar-refractivity contribution in [1.82, 2.24) is 29.6 Å². The second-order valence-electron chi connectivity index (χ2n) is 7.95. The maximum atomic E-state index is 12.1. The maximum absolute atomic E-state index is 12.1. The van der Waals surface area contributed by atoms with E-state index < -0.39 is 0 Å². The van der Waals surface area contributed by atoms with E-state index in [4.69, 9.17) is 4.98 Å². The summed E-state index contributed by atoms with van der Waals surface area (Å²) < 4.78 is 3.20. The first-order chi connectivity index (χ1) is 15.6. The Morgan fingerprint density at radius 1 is 1.03 bits per heavy atom. The zero-order valence-electron chi connectivity index (χ0n) is 17.3. The Morgan fingerprint density at radius 3 is 2.59 bits per heavy atom. The summed E-state index contributed by atoms with van der Waals surface area (Å²) in [4.78, 5) is 20.1. The molecular weight excluding hydrogens is 404 g/mol. The molecule has 1 aliphatic rings. The number of aryl methyl sites for hydroxylation is 1. The lowest BCUT2D eigenvalue weighted by atomic mass is 10.1. The van der Waals surface area contributed by atoms with Crippen LogP contribution in [0.15, 0.2) is 65.6 Å². The Morgan fingerprint density at radius 2 is 1.81 bits per heavy atom. The second kappa shape index (κ2) is 6.93. The van der Waals surface area contributed by atoms with Gasteiger partial charge in [-0.25, -0.2) is 4.98 Å². The van der Waals surface area contributed by atoms with E-state index in [1.807, 2.05) is 30.3 Å². The largest absolute Gasteiger partial charge is 0.504 e. The maximum Gasteiger partial charge on any atom is 0.255 e. The van der Waals surface area contributed by atoms with Crippen molar-refractivity contribution in [3.05, 3.63) is 82.3 Å². The monoisotopic (exact) mass is 424 g/mol. The molecule has 0 saturated heterocycles. The molecule has 0 spiro atoms. The average Bonchev–Trinajstić information content (AvgIpc) is 3.49. The lowest BCUT2D eigenvalue weighted by Gasteiger charge is -2.05. The summed E-state index contributed by atoms with van der Waals surface area (Å²) in [6.45, 7) is 1.70. The minimum absolute atomic E-state index is 0.0605. The highest BCUT2D eigenvalue weighted by Crippen LogP contribution is 2.37. The van der Waals surface area contributed by atoms with Gasteiger partial charge in [0.05, 0.1) is 11.0 Å². The molecule has 0 aliphatic carbocycles. The van der Waals surface area contributed by atoms with Gasteiger partial charge in [-0.2, -0.15) is 5.10 Å². The summed E-state index contributed by atoms with van der Waals surface area (Å²) in [6.07, 6.45) is 1.72. The zero-order valence-corrected chi connectivity index (χ0v) is 17.3. The van der Waals surface area contributed by atoms with E-state index in [0.717, 1.165) is 35.4 Å². The van der Waals surface area contributed by atoms with Crippen LogP contribution < -0.4 is 10.9 Å². The molecule has 8 nitrogen and oxygen atoms in total. The summed E-state index contributed by atoms with van der Waals surface area (Å²) in [5.41, 5.74) is 6.69. The summed E-state index contributed by atoms with van der Waals surface area (Å²) >= 11 is 0. The van der Waals surface area contributed by atoms with Crippen LogP contribution in [0.1, 0.15) is 11.1 Å². The van der Waals surface area contributed by atoms with Crippen molar-refractivity contribution >= 4 is 11.0 Å². The normalized spacial score (nSPS) is 13.0. The van der Waals surface area contributed by atoms with E-state index in [0.29, 0.717) is 17.2 Å². The molecular formula is C24H20N6O2. The quantitative estimate of drug-likeness (QED) is 0.413. The molecule has 0 unspecified atom stereocenters. The number of imidazole rings is 1. The van der Waals surface area contributed by atoms with Gasteiger partial charge in [-0.1, -0.05) is 18.2 Å². The van der Waals surface area contributed by atoms with Gasteiger partial charge in [0, 0.05) is 43.7 Å². The molecule has 6 rings (SSSR count). The van der Waals surface area contributed by atoms with Crippen molar-refractivity contribution in [3.8, 4) is 34.2 Å². The van der Waals surface area contributed by atoms with Crippen LogP contribution in [-0.2, 0) is 20.1 Å². The highest BCUT2D eigenvalue weighted by atomic mass is 16.3. The van der Waals surface area contributed by atoms with Crippen LogP contribution >= 0.6 is 0 Å². The smallest absolute Gasteiger partial charge is 0.255 e. The van der Waals surface area contributed by atoms with E-state index >= 15 is 0 Å². The Balaban J connectivity index is 1.40. The number of aromatic nitrogens is 5. The predicted molar refractivity (Wildman–Crippen MR) is 122 cm³/mol. The molecule has 5 aromatic rings. The minimum Gasteiger partial charge on any atom is -0.504 e. The average molecular weight is 424 g/mol. The Labute approximate surface area is 182 Å². The third-order valence-corrected chi connectivity index (χ3v) is 5.92. The number of fused-ring (bicyclic) bond motifs is 2. The van der Waals surface area contributed by atoms with Crippen molar-refractivity contribution in [3.63, 3.8) is 0 Å². The summed E-state index contributed by atoms with van der Waals surface area (Å²) in [5, 5.41) is 18.9. The van der Waals surface area contributed by atoms with Crippen LogP contribution in [0, 0.1) is 0 Å². The summed E-state index contributed by atoms with van der Waals surface area (Å²) in [6, 6.07) is 16.6. The number of pyridine rings is 1. The number of H-pyrrole nitrogens is 1. The van der Waals surface area contributed by atoms with E-state index in [1.54, 1.807) is 28.6 Å². The van der Waals surface area contributed by atoms with Crippen molar-refractivity contribution in [2.24, 2.45) is 7.05 Å². The van der Waals surface area contributed by atoms with Crippen LogP contribution in [-0.4, -0.2) is 29.4 Å². The fraction of sp³-hybridized carbons (Fsp3) is 0.125. The van der Waals surface area contributed by atoms with Crippen LogP contribution in [0.5, 0.6) is 5.75 Å². The Kier molecular flexibility index (Phi) is 4.02. The van der Waals surface area contributed by atoms with E-state index in [-0.39, 0.29) is 11.3 Å². The van der Waals surface area contributed by atoms with Gasteiger partial charge in [0.2, 0.25) is 0 Å². The van der Waals surface area contributed by atoms with Crippen molar-refractivity contribution in [1.29, 1.82) is 0 Å². The van der Waals surface area contributed by atoms with Crippen molar-refractivity contribution < 1.29 is 5.11 Å². The Bertz CT molecular complexity index is 1500. The third kappa shape index (κ3) is 2.84. The van der Waals surface area contributed by atoms with Crippen molar-refractivity contribution in [2.75, 3.05) is 0 Å². The zero-order chi connectivity index (χ0) is 21.8. The Hall–Kier alpha value is -4.17. The van der Waals surface area contributed by atoms with Gasteiger partial charge >= 0.3 is 0 Å². The lowest BCUT2D eigenvalue weighted by molar-refractivity contribution is 0.478. The van der Waals surface area contributed by atoms with Crippen LogP contribution in [0.3, 0.4) is 0 Å². The number of rotatable bonds is 3. The fourth-order valence-electron chi connectivity index (χ4n) is 4.31. The molecule has 0 bridgehead atoms. The number of benzene rings is 2. The SMILES string of the molecule is Cn1nc(-c2ccc(-n3ccccc3=O)cc2)c(O)c1-c1nc2cc3c(cc2[nH]1)CNC3. The van der Waals surface area contributed by atoms with Crippen LogP contribution in [0.2, 0.25) is 0 Å².